The summed E-state index contributed by atoms with van der Waals surface area (Å²) in [4.78, 5) is 28.4. The van der Waals surface area contributed by atoms with Crippen LogP contribution in [0.5, 0.6) is 11.5 Å². The first-order valence-electron chi connectivity index (χ1n) is 13.3. The van der Waals surface area contributed by atoms with Crippen molar-refractivity contribution in [1.29, 1.82) is 0 Å². The van der Waals surface area contributed by atoms with Crippen LogP contribution in [0.1, 0.15) is 32.8 Å². The summed E-state index contributed by atoms with van der Waals surface area (Å²) in [7, 11) is -1.43. The Balaban J connectivity index is 2.05. The van der Waals surface area contributed by atoms with Crippen LogP contribution in [0.3, 0.4) is 0 Å². The summed E-state index contributed by atoms with van der Waals surface area (Å²) in [5.74, 6) is -0.394. The van der Waals surface area contributed by atoms with Crippen LogP contribution in [0.15, 0.2) is 71.6 Å². The highest BCUT2D eigenvalue weighted by atomic mass is 35.5. The Morgan fingerprint density at radius 1 is 0.905 bits per heavy atom. The molecule has 12 heteroatoms. The Morgan fingerprint density at radius 3 is 2.17 bits per heavy atom. The summed E-state index contributed by atoms with van der Waals surface area (Å²) >= 11 is 12.3. The Hall–Kier alpha value is -3.47. The smallest absolute Gasteiger partial charge is 0.264 e. The standard InChI is InChI=1S/C30H35Cl2N3O6S/c1-6-20(2)33-30(37)21(3)34(18-22-12-14-25(31)26(32)16-22)29(36)19-35(23-10-8-7-9-11-23)42(38,39)24-13-15-27(40-4)28(17-24)41-5/h7-17,20-21H,6,18-19H2,1-5H3,(H,33,37). The van der Waals surface area contributed by atoms with Gasteiger partial charge in [0.2, 0.25) is 11.8 Å². The Morgan fingerprint density at radius 2 is 1.57 bits per heavy atom. The lowest BCUT2D eigenvalue weighted by molar-refractivity contribution is -0.139. The quantitative estimate of drug-likeness (QED) is 0.264. The summed E-state index contributed by atoms with van der Waals surface area (Å²) in [5.41, 5.74) is 0.891. The van der Waals surface area contributed by atoms with E-state index in [1.54, 1.807) is 55.5 Å². The largest absolute Gasteiger partial charge is 0.493 e. The molecule has 42 heavy (non-hydrogen) atoms. The van der Waals surface area contributed by atoms with Gasteiger partial charge in [-0.1, -0.05) is 54.4 Å². The Bertz CT molecular complexity index is 1500. The molecule has 0 heterocycles. The molecular formula is C30H35Cl2N3O6S. The van der Waals surface area contributed by atoms with Gasteiger partial charge in [-0.3, -0.25) is 13.9 Å². The third-order valence-electron chi connectivity index (χ3n) is 6.77. The first kappa shape index (κ1) is 33.0. The van der Waals surface area contributed by atoms with Gasteiger partial charge in [0.15, 0.2) is 11.5 Å². The average Bonchev–Trinajstić information content (AvgIpc) is 2.99. The Kier molecular flexibility index (Phi) is 11.5. The van der Waals surface area contributed by atoms with Gasteiger partial charge in [-0.25, -0.2) is 8.42 Å². The number of methoxy groups -OCH3 is 2. The third kappa shape index (κ3) is 7.87. The average molecular weight is 637 g/mol. The molecule has 0 aliphatic heterocycles. The Labute approximate surface area is 257 Å². The number of benzene rings is 3. The van der Waals surface area contributed by atoms with Crippen molar-refractivity contribution in [3.63, 3.8) is 0 Å². The topological polar surface area (TPSA) is 105 Å². The maximum absolute atomic E-state index is 14.0. The van der Waals surface area contributed by atoms with Gasteiger partial charge in [-0.05, 0) is 62.2 Å². The molecule has 0 aliphatic rings. The number of carbonyl (C=O) groups is 2. The van der Waals surface area contributed by atoms with Gasteiger partial charge in [0.05, 0.1) is 34.8 Å². The van der Waals surface area contributed by atoms with Gasteiger partial charge in [0.1, 0.15) is 12.6 Å². The maximum Gasteiger partial charge on any atom is 0.264 e. The van der Waals surface area contributed by atoms with Crippen molar-refractivity contribution in [2.45, 2.75) is 50.7 Å². The zero-order chi connectivity index (χ0) is 31.0. The third-order valence-corrected chi connectivity index (χ3v) is 9.28. The molecule has 0 bridgehead atoms. The van der Waals surface area contributed by atoms with E-state index >= 15 is 0 Å². The summed E-state index contributed by atoms with van der Waals surface area (Å²) in [6.45, 7) is 4.81. The predicted molar refractivity (Wildman–Crippen MR) is 165 cm³/mol. The fourth-order valence-corrected chi connectivity index (χ4v) is 5.86. The first-order valence-corrected chi connectivity index (χ1v) is 15.5. The van der Waals surface area contributed by atoms with E-state index in [9.17, 15) is 18.0 Å². The summed E-state index contributed by atoms with van der Waals surface area (Å²) in [6.07, 6.45) is 0.699. The molecule has 226 valence electrons. The monoisotopic (exact) mass is 635 g/mol. The number of nitrogens with zero attached hydrogens (tertiary/aromatic N) is 2. The molecule has 2 amide bonds. The molecule has 0 spiro atoms. The zero-order valence-corrected chi connectivity index (χ0v) is 26.5. The number of sulfonamides is 1. The van der Waals surface area contributed by atoms with E-state index in [0.29, 0.717) is 27.8 Å². The number of hydrogen-bond donors (Lipinski definition) is 1. The molecule has 3 aromatic carbocycles. The second-order valence-electron chi connectivity index (χ2n) is 9.63. The van der Waals surface area contributed by atoms with Crippen molar-refractivity contribution in [1.82, 2.24) is 10.2 Å². The van der Waals surface area contributed by atoms with Gasteiger partial charge in [0, 0.05) is 18.7 Å². The van der Waals surface area contributed by atoms with Crippen LogP contribution in [-0.4, -0.2) is 58.0 Å². The van der Waals surface area contributed by atoms with Crippen molar-refractivity contribution in [3.8, 4) is 11.5 Å². The molecule has 2 atom stereocenters. The first-order chi connectivity index (χ1) is 19.9. The molecule has 3 rings (SSSR count). The summed E-state index contributed by atoms with van der Waals surface area (Å²) in [6, 6.07) is 16.3. The van der Waals surface area contributed by atoms with Crippen LogP contribution in [0, 0.1) is 0 Å². The number of amides is 2. The number of carbonyl (C=O) groups excluding carboxylic acids is 2. The fourth-order valence-electron chi connectivity index (χ4n) is 4.11. The lowest BCUT2D eigenvalue weighted by Crippen LogP contribution is -2.52. The minimum Gasteiger partial charge on any atom is -0.493 e. The van der Waals surface area contributed by atoms with E-state index in [4.69, 9.17) is 32.7 Å². The number of para-hydroxylation sites is 1. The molecule has 0 aliphatic carbocycles. The molecule has 0 radical (unpaired) electrons. The van der Waals surface area contributed by atoms with Gasteiger partial charge in [0.25, 0.3) is 10.0 Å². The number of ether oxygens (including phenoxy) is 2. The van der Waals surface area contributed by atoms with Crippen LogP contribution in [-0.2, 0) is 26.2 Å². The van der Waals surface area contributed by atoms with E-state index in [1.165, 1.54) is 37.3 Å². The summed E-state index contributed by atoms with van der Waals surface area (Å²) in [5, 5.41) is 3.53. The van der Waals surface area contributed by atoms with E-state index in [1.807, 2.05) is 13.8 Å². The van der Waals surface area contributed by atoms with Gasteiger partial charge in [-0.15, -0.1) is 0 Å². The van der Waals surface area contributed by atoms with Crippen LogP contribution >= 0.6 is 23.2 Å². The lowest BCUT2D eigenvalue weighted by Gasteiger charge is -2.32. The van der Waals surface area contributed by atoms with Crippen LogP contribution in [0.4, 0.5) is 5.69 Å². The molecule has 3 aromatic rings. The number of hydrogen-bond acceptors (Lipinski definition) is 6. The molecule has 2 unspecified atom stereocenters. The number of nitrogens with one attached hydrogen (secondary N) is 1. The molecule has 0 fully saturated rings. The second kappa shape index (κ2) is 14.6. The predicted octanol–water partition coefficient (Wildman–Crippen LogP) is 5.54. The minimum atomic E-state index is -4.28. The molecular weight excluding hydrogens is 601 g/mol. The van der Waals surface area contributed by atoms with Crippen LogP contribution in [0.25, 0.3) is 0 Å². The maximum atomic E-state index is 14.0. The van der Waals surface area contributed by atoms with Crippen LogP contribution < -0.4 is 19.1 Å². The fraction of sp³-hybridized carbons (Fsp3) is 0.333. The number of halogens is 2. The van der Waals surface area contributed by atoms with Crippen molar-refractivity contribution in [3.05, 3.63) is 82.3 Å². The molecule has 0 saturated heterocycles. The molecule has 1 N–H and O–H groups in total. The second-order valence-corrected chi connectivity index (χ2v) is 12.3. The van der Waals surface area contributed by atoms with E-state index in [0.717, 1.165) is 4.31 Å². The van der Waals surface area contributed by atoms with Crippen molar-refractivity contribution < 1.29 is 27.5 Å². The van der Waals surface area contributed by atoms with E-state index in [2.05, 4.69) is 5.32 Å². The zero-order valence-electron chi connectivity index (χ0n) is 24.1. The van der Waals surface area contributed by atoms with Crippen molar-refractivity contribution in [2.24, 2.45) is 0 Å². The van der Waals surface area contributed by atoms with Gasteiger partial charge >= 0.3 is 0 Å². The number of anilines is 1. The van der Waals surface area contributed by atoms with Crippen molar-refractivity contribution >= 4 is 50.7 Å². The minimum absolute atomic E-state index is 0.0101. The highest BCUT2D eigenvalue weighted by Gasteiger charge is 2.33. The highest BCUT2D eigenvalue weighted by molar-refractivity contribution is 7.92. The number of rotatable bonds is 13. The highest BCUT2D eigenvalue weighted by Crippen LogP contribution is 2.32. The van der Waals surface area contributed by atoms with Crippen molar-refractivity contribution in [2.75, 3.05) is 25.1 Å². The van der Waals surface area contributed by atoms with Gasteiger partial charge in [-0.2, -0.15) is 0 Å². The molecule has 0 saturated carbocycles. The van der Waals surface area contributed by atoms with E-state index < -0.39 is 28.5 Å². The van der Waals surface area contributed by atoms with Crippen LogP contribution in [0.2, 0.25) is 10.0 Å². The summed E-state index contributed by atoms with van der Waals surface area (Å²) < 4.78 is 39.6. The normalized spacial score (nSPS) is 12.6. The molecule has 0 aromatic heterocycles. The van der Waals surface area contributed by atoms with E-state index in [-0.39, 0.29) is 34.8 Å². The SMILES string of the molecule is CCC(C)NC(=O)C(C)N(Cc1ccc(Cl)c(Cl)c1)C(=O)CN(c1ccccc1)S(=O)(=O)c1ccc(OC)c(OC)c1. The molecule has 9 nitrogen and oxygen atoms in total. The lowest BCUT2D eigenvalue weighted by atomic mass is 10.1. The van der Waals surface area contributed by atoms with Gasteiger partial charge < -0.3 is 19.7 Å².